The smallest absolute Gasteiger partial charge is 0.379 e. The van der Waals surface area contributed by atoms with Gasteiger partial charge in [-0.25, -0.2) is 0 Å². The molecule has 0 saturated heterocycles. The van der Waals surface area contributed by atoms with Crippen molar-refractivity contribution < 1.29 is 27.2 Å². The Bertz CT molecular complexity index is 196. The molecule has 0 heterocycles. The highest BCUT2D eigenvalue weighted by atomic mass is 28.4. The van der Waals surface area contributed by atoms with Gasteiger partial charge in [0.15, 0.2) is 0 Å². The number of ether oxygens (including phenoxy) is 2. The van der Waals surface area contributed by atoms with Crippen molar-refractivity contribution in [2.45, 2.75) is 40.5 Å². The molecular formula is C14H32O6Si. The molecule has 0 atom stereocenters. The average Bonchev–Trinajstić information content (AvgIpc) is 2.51. The molecule has 0 fully saturated rings. The van der Waals surface area contributed by atoms with Gasteiger partial charge in [-0.15, -0.1) is 0 Å². The summed E-state index contributed by atoms with van der Waals surface area (Å²) < 4.78 is 33.8. The maximum atomic E-state index is 5.81. The highest BCUT2D eigenvalue weighted by Gasteiger charge is 2.45. The summed E-state index contributed by atoms with van der Waals surface area (Å²) >= 11 is 0. The predicted molar refractivity (Wildman–Crippen MR) is 83.1 cm³/mol. The Balaban J connectivity index is 4.43. The van der Waals surface area contributed by atoms with Crippen LogP contribution in [0.1, 0.15) is 40.5 Å². The third-order valence-electron chi connectivity index (χ3n) is 2.39. The molecule has 0 N–H and O–H groups in total. The van der Waals surface area contributed by atoms with E-state index in [1.807, 2.05) is 27.7 Å². The number of hydrogen-bond donors (Lipinski definition) is 0. The molecule has 128 valence electrons. The highest BCUT2D eigenvalue weighted by molar-refractivity contribution is 6.53. The lowest BCUT2D eigenvalue weighted by atomic mass is 10.5. The van der Waals surface area contributed by atoms with Crippen molar-refractivity contribution >= 4 is 9.05 Å². The Hall–Kier alpha value is -0.0231. The van der Waals surface area contributed by atoms with E-state index in [9.17, 15) is 0 Å². The minimum absolute atomic E-state index is 0.405. The Morgan fingerprint density at radius 2 is 0.905 bits per heavy atom. The zero-order valence-corrected chi connectivity index (χ0v) is 15.0. The van der Waals surface area contributed by atoms with Crippen molar-refractivity contribution in [1.29, 1.82) is 0 Å². The zero-order valence-electron chi connectivity index (χ0n) is 14.0. The van der Waals surface area contributed by atoms with E-state index >= 15 is 0 Å². The first-order chi connectivity index (χ1) is 10.2. The molecule has 0 unspecified atom stereocenters. The van der Waals surface area contributed by atoms with Crippen LogP contribution in [-0.4, -0.2) is 61.9 Å². The Kier molecular flexibility index (Phi) is 14.9. The molecule has 0 radical (unpaired) electrons. The van der Waals surface area contributed by atoms with Crippen LogP contribution in [0.3, 0.4) is 0 Å². The molecule has 0 aromatic rings. The van der Waals surface area contributed by atoms with E-state index in [2.05, 4.69) is 0 Å². The largest absolute Gasteiger partial charge is 0.679 e. The third-order valence-corrected chi connectivity index (χ3v) is 4.62. The fourth-order valence-corrected chi connectivity index (χ4v) is 3.52. The molecular weight excluding hydrogens is 292 g/mol. The number of rotatable bonds is 16. The summed E-state index contributed by atoms with van der Waals surface area (Å²) in [4.78, 5) is 0. The van der Waals surface area contributed by atoms with Gasteiger partial charge in [0.2, 0.25) is 0 Å². The average molecular weight is 324 g/mol. The summed E-state index contributed by atoms with van der Waals surface area (Å²) in [5, 5.41) is 0. The van der Waals surface area contributed by atoms with Gasteiger partial charge < -0.3 is 27.2 Å². The second-order valence-electron chi connectivity index (χ2n) is 4.29. The first-order valence-electron chi connectivity index (χ1n) is 7.95. The maximum absolute atomic E-state index is 5.81. The van der Waals surface area contributed by atoms with Gasteiger partial charge >= 0.3 is 9.05 Å². The van der Waals surface area contributed by atoms with Gasteiger partial charge in [-0.3, -0.25) is 0 Å². The van der Waals surface area contributed by atoms with Crippen molar-refractivity contribution in [2.24, 2.45) is 0 Å². The Labute approximate surface area is 130 Å². The van der Waals surface area contributed by atoms with Crippen LogP contribution >= 0.6 is 0 Å². The van der Waals surface area contributed by atoms with Crippen molar-refractivity contribution in [3.8, 4) is 0 Å². The molecule has 0 amide bonds. The van der Waals surface area contributed by atoms with Gasteiger partial charge in [0.05, 0.1) is 26.4 Å². The monoisotopic (exact) mass is 324 g/mol. The Morgan fingerprint density at radius 3 is 1.24 bits per heavy atom. The van der Waals surface area contributed by atoms with E-state index in [0.29, 0.717) is 52.9 Å². The van der Waals surface area contributed by atoms with Gasteiger partial charge in [-0.05, 0) is 26.7 Å². The SMILES string of the molecule is CCCO[Si](OCCC)(OCCOCC)OCCOCC. The molecule has 0 aliphatic heterocycles. The second kappa shape index (κ2) is 14.9. The Morgan fingerprint density at radius 1 is 0.524 bits per heavy atom. The summed E-state index contributed by atoms with van der Waals surface area (Å²) in [6, 6.07) is 0. The summed E-state index contributed by atoms with van der Waals surface area (Å²) in [6.07, 6.45) is 1.77. The normalized spacial score (nSPS) is 12.0. The van der Waals surface area contributed by atoms with E-state index in [1.54, 1.807) is 0 Å². The van der Waals surface area contributed by atoms with Crippen molar-refractivity contribution in [3.05, 3.63) is 0 Å². The van der Waals surface area contributed by atoms with Crippen molar-refractivity contribution in [1.82, 2.24) is 0 Å². The van der Waals surface area contributed by atoms with E-state index < -0.39 is 9.05 Å². The molecule has 0 aromatic heterocycles. The summed E-state index contributed by atoms with van der Waals surface area (Å²) in [6.45, 7) is 12.2. The highest BCUT2D eigenvalue weighted by Crippen LogP contribution is 2.13. The van der Waals surface area contributed by atoms with Crippen LogP contribution < -0.4 is 0 Å². The lowest BCUT2D eigenvalue weighted by molar-refractivity contribution is -0.0534. The van der Waals surface area contributed by atoms with Crippen LogP contribution in [0.5, 0.6) is 0 Å². The first-order valence-corrected chi connectivity index (χ1v) is 9.59. The summed E-state index contributed by atoms with van der Waals surface area (Å²) in [5.74, 6) is 0. The zero-order chi connectivity index (χ0) is 15.8. The van der Waals surface area contributed by atoms with Crippen LogP contribution in [0.25, 0.3) is 0 Å². The van der Waals surface area contributed by atoms with Crippen LogP contribution in [0, 0.1) is 0 Å². The fourth-order valence-electron chi connectivity index (χ4n) is 1.44. The van der Waals surface area contributed by atoms with Crippen molar-refractivity contribution in [2.75, 3.05) is 52.9 Å². The van der Waals surface area contributed by atoms with Gasteiger partial charge in [0.1, 0.15) is 0 Å². The molecule has 0 rings (SSSR count). The molecule has 0 aliphatic carbocycles. The van der Waals surface area contributed by atoms with Crippen molar-refractivity contribution in [3.63, 3.8) is 0 Å². The second-order valence-corrected chi connectivity index (χ2v) is 6.44. The molecule has 7 heteroatoms. The van der Waals surface area contributed by atoms with Gasteiger partial charge in [-0.1, -0.05) is 13.8 Å². The molecule has 0 bridgehead atoms. The lowest BCUT2D eigenvalue weighted by Crippen LogP contribution is -2.50. The van der Waals surface area contributed by atoms with Gasteiger partial charge in [0, 0.05) is 26.4 Å². The van der Waals surface area contributed by atoms with E-state index in [-0.39, 0.29) is 0 Å². The van der Waals surface area contributed by atoms with Crippen LogP contribution in [-0.2, 0) is 27.2 Å². The van der Waals surface area contributed by atoms with Crippen LogP contribution in [0.15, 0.2) is 0 Å². The van der Waals surface area contributed by atoms with Crippen LogP contribution in [0.2, 0.25) is 0 Å². The van der Waals surface area contributed by atoms with E-state index in [4.69, 9.17) is 27.2 Å². The van der Waals surface area contributed by atoms with E-state index in [1.165, 1.54) is 0 Å². The molecule has 21 heavy (non-hydrogen) atoms. The predicted octanol–water partition coefficient (Wildman–Crippen LogP) is 2.38. The minimum atomic E-state index is -3.10. The summed E-state index contributed by atoms with van der Waals surface area (Å²) in [5.41, 5.74) is 0. The minimum Gasteiger partial charge on any atom is -0.379 e. The standard InChI is InChI=1S/C14H32O6Si/c1-5-9-17-21(18-10-6-2,19-13-11-15-7-3)20-14-12-16-8-4/h5-14H2,1-4H3. The van der Waals surface area contributed by atoms with E-state index in [0.717, 1.165) is 12.8 Å². The molecule has 0 aliphatic rings. The molecule has 0 aromatic carbocycles. The fraction of sp³-hybridized carbons (Fsp3) is 1.00. The number of hydrogen-bond acceptors (Lipinski definition) is 6. The first kappa shape index (κ1) is 21.0. The lowest BCUT2D eigenvalue weighted by Gasteiger charge is -2.28. The molecule has 0 saturated carbocycles. The maximum Gasteiger partial charge on any atom is 0.679 e. The molecule has 6 nitrogen and oxygen atoms in total. The topological polar surface area (TPSA) is 55.4 Å². The van der Waals surface area contributed by atoms with Crippen LogP contribution in [0.4, 0.5) is 0 Å². The quantitative estimate of drug-likeness (QED) is 0.321. The third kappa shape index (κ3) is 11.2. The van der Waals surface area contributed by atoms with Gasteiger partial charge in [-0.2, -0.15) is 0 Å². The molecule has 0 spiro atoms. The summed E-state index contributed by atoms with van der Waals surface area (Å²) in [7, 11) is -3.10. The van der Waals surface area contributed by atoms with Gasteiger partial charge in [0.25, 0.3) is 0 Å².